The van der Waals surface area contributed by atoms with E-state index in [4.69, 9.17) is 15.5 Å². The molecule has 1 aliphatic rings. The van der Waals surface area contributed by atoms with Crippen LogP contribution in [-0.4, -0.2) is 38.1 Å². The maximum absolute atomic E-state index is 13.6. The van der Waals surface area contributed by atoms with Crippen molar-refractivity contribution in [3.8, 4) is 5.75 Å². The van der Waals surface area contributed by atoms with Crippen LogP contribution in [0.15, 0.2) is 53.5 Å². The molecule has 1 fully saturated rings. The molecule has 0 aromatic heterocycles. The number of aliphatic imine (C=N–C) groups is 1. The number of nitrogens with zero attached hydrogens (tertiary/aromatic N) is 1. The first kappa shape index (κ1) is 24.9. The van der Waals surface area contributed by atoms with E-state index in [0.717, 1.165) is 49.4 Å². The largest absolute Gasteiger partial charge is 0.484 e. The molecule has 1 amide bonds. The lowest BCUT2D eigenvalue weighted by Crippen LogP contribution is -2.39. The summed E-state index contributed by atoms with van der Waals surface area (Å²) in [5.41, 5.74) is 7.21. The highest BCUT2D eigenvalue weighted by molar-refractivity contribution is 14.0. The van der Waals surface area contributed by atoms with Gasteiger partial charge in [-0.2, -0.15) is 0 Å². The van der Waals surface area contributed by atoms with Crippen LogP contribution in [0.2, 0.25) is 0 Å². The Kier molecular flexibility index (Phi) is 9.54. The van der Waals surface area contributed by atoms with Gasteiger partial charge in [-0.15, -0.1) is 24.0 Å². The molecule has 0 bridgehead atoms. The standard InChI is InChI=1S/C23H29FN4O2.HI/c1-2-26-22(28-16-23(11-12-23)18-4-3-5-19(24)14-18)27-13-10-17-6-8-20(9-7-17)30-15-21(25)29;/h3-9,14H,2,10-13,15-16H2,1H3,(H2,25,29)(H2,26,27,28);1H. The molecule has 0 heterocycles. The Bertz CT molecular complexity index is 885. The number of benzene rings is 2. The minimum atomic E-state index is -0.496. The molecular weight excluding hydrogens is 510 g/mol. The van der Waals surface area contributed by atoms with Gasteiger partial charge in [-0.25, -0.2) is 4.39 Å². The summed E-state index contributed by atoms with van der Waals surface area (Å²) < 4.78 is 18.9. The first-order valence-electron chi connectivity index (χ1n) is 10.3. The van der Waals surface area contributed by atoms with Gasteiger partial charge in [0.05, 0.1) is 6.54 Å². The average molecular weight is 540 g/mol. The Morgan fingerprint density at radius 2 is 1.94 bits per heavy atom. The second-order valence-electron chi connectivity index (χ2n) is 7.56. The lowest BCUT2D eigenvalue weighted by Gasteiger charge is -2.16. The van der Waals surface area contributed by atoms with Gasteiger partial charge in [0.1, 0.15) is 11.6 Å². The average Bonchev–Trinajstić information content (AvgIpc) is 3.53. The lowest BCUT2D eigenvalue weighted by molar-refractivity contribution is -0.119. The molecule has 0 radical (unpaired) electrons. The van der Waals surface area contributed by atoms with Crippen molar-refractivity contribution < 1.29 is 13.9 Å². The van der Waals surface area contributed by atoms with Crippen LogP contribution in [-0.2, 0) is 16.6 Å². The maximum atomic E-state index is 13.6. The molecule has 3 rings (SSSR count). The number of halogens is 2. The molecular formula is C23H30FIN4O2. The number of hydrogen-bond donors (Lipinski definition) is 3. The maximum Gasteiger partial charge on any atom is 0.255 e. The fourth-order valence-electron chi connectivity index (χ4n) is 3.31. The van der Waals surface area contributed by atoms with E-state index in [2.05, 4.69) is 10.6 Å². The van der Waals surface area contributed by atoms with Crippen LogP contribution >= 0.6 is 24.0 Å². The highest BCUT2D eigenvalue weighted by Gasteiger charge is 2.44. The molecule has 6 nitrogen and oxygen atoms in total. The summed E-state index contributed by atoms with van der Waals surface area (Å²) in [7, 11) is 0. The summed E-state index contributed by atoms with van der Waals surface area (Å²) in [6.45, 7) is 4.03. The number of nitrogens with one attached hydrogen (secondary N) is 2. The fraction of sp³-hybridized carbons (Fsp3) is 0.391. The van der Waals surface area contributed by atoms with Crippen molar-refractivity contribution in [3.63, 3.8) is 0 Å². The summed E-state index contributed by atoms with van der Waals surface area (Å²) in [5, 5.41) is 6.63. The third-order valence-corrected chi connectivity index (χ3v) is 5.19. The van der Waals surface area contributed by atoms with Crippen molar-refractivity contribution in [3.05, 3.63) is 65.5 Å². The molecule has 1 saturated carbocycles. The van der Waals surface area contributed by atoms with Crippen LogP contribution in [0, 0.1) is 5.82 Å². The summed E-state index contributed by atoms with van der Waals surface area (Å²) in [6, 6.07) is 14.4. The highest BCUT2D eigenvalue weighted by Crippen LogP contribution is 2.48. The van der Waals surface area contributed by atoms with Gasteiger partial charge in [-0.05, 0) is 61.6 Å². The number of nitrogens with two attached hydrogens (primary N) is 1. The highest BCUT2D eigenvalue weighted by atomic mass is 127. The monoisotopic (exact) mass is 540 g/mol. The summed E-state index contributed by atoms with van der Waals surface area (Å²) in [4.78, 5) is 15.5. The van der Waals surface area contributed by atoms with E-state index >= 15 is 0 Å². The van der Waals surface area contributed by atoms with E-state index in [-0.39, 0.29) is 41.8 Å². The second kappa shape index (κ2) is 11.9. The zero-order valence-electron chi connectivity index (χ0n) is 17.7. The molecule has 2 aromatic rings. The quantitative estimate of drug-likeness (QED) is 0.246. The number of rotatable bonds is 10. The zero-order chi connectivity index (χ0) is 21.4. The van der Waals surface area contributed by atoms with E-state index in [9.17, 15) is 9.18 Å². The van der Waals surface area contributed by atoms with Crippen LogP contribution < -0.4 is 21.1 Å². The number of ether oxygens (including phenoxy) is 1. The molecule has 0 atom stereocenters. The minimum Gasteiger partial charge on any atom is -0.484 e. The van der Waals surface area contributed by atoms with Gasteiger partial charge in [-0.3, -0.25) is 9.79 Å². The van der Waals surface area contributed by atoms with Crippen LogP contribution in [0.5, 0.6) is 5.75 Å². The van der Waals surface area contributed by atoms with Gasteiger partial charge in [0.2, 0.25) is 0 Å². The number of carbonyl (C=O) groups excluding carboxylic acids is 1. The minimum absolute atomic E-state index is 0. The Balaban J connectivity index is 0.00000341. The smallest absolute Gasteiger partial charge is 0.255 e. The van der Waals surface area contributed by atoms with Crippen molar-refractivity contribution in [1.29, 1.82) is 0 Å². The Morgan fingerprint density at radius 1 is 1.19 bits per heavy atom. The van der Waals surface area contributed by atoms with Crippen molar-refractivity contribution in [2.45, 2.75) is 31.6 Å². The normalized spacial score (nSPS) is 14.3. The molecule has 4 N–H and O–H groups in total. The number of carbonyl (C=O) groups is 1. The first-order valence-corrected chi connectivity index (χ1v) is 10.3. The Hall–Kier alpha value is -2.36. The molecule has 1 aliphatic carbocycles. The topological polar surface area (TPSA) is 88.7 Å². The SMILES string of the molecule is CCNC(=NCC1(c2cccc(F)c2)CC1)NCCc1ccc(OCC(N)=O)cc1.I. The number of amides is 1. The van der Waals surface area contributed by atoms with Gasteiger partial charge >= 0.3 is 0 Å². The van der Waals surface area contributed by atoms with E-state index in [1.165, 1.54) is 6.07 Å². The van der Waals surface area contributed by atoms with Gasteiger partial charge in [0.25, 0.3) is 5.91 Å². The van der Waals surface area contributed by atoms with Crippen molar-refractivity contribution in [2.24, 2.45) is 10.7 Å². The third-order valence-electron chi connectivity index (χ3n) is 5.19. The van der Waals surface area contributed by atoms with Crippen molar-refractivity contribution >= 4 is 35.8 Å². The molecule has 31 heavy (non-hydrogen) atoms. The van der Waals surface area contributed by atoms with Crippen molar-refractivity contribution in [2.75, 3.05) is 26.2 Å². The summed E-state index contributed by atoms with van der Waals surface area (Å²) in [6.07, 6.45) is 2.88. The Labute approximate surface area is 199 Å². The van der Waals surface area contributed by atoms with Gasteiger partial charge in [0, 0.05) is 18.5 Å². The third kappa shape index (κ3) is 7.68. The first-order chi connectivity index (χ1) is 14.5. The lowest BCUT2D eigenvalue weighted by atomic mass is 9.96. The number of hydrogen-bond acceptors (Lipinski definition) is 3. The van der Waals surface area contributed by atoms with Crippen LogP contribution in [0.1, 0.15) is 30.9 Å². The van der Waals surface area contributed by atoms with Gasteiger partial charge in [-0.1, -0.05) is 24.3 Å². The summed E-state index contributed by atoms with van der Waals surface area (Å²) >= 11 is 0. The Morgan fingerprint density at radius 3 is 2.55 bits per heavy atom. The molecule has 168 valence electrons. The van der Waals surface area contributed by atoms with E-state index in [1.807, 2.05) is 37.3 Å². The molecule has 0 unspecified atom stereocenters. The van der Waals surface area contributed by atoms with E-state index in [1.54, 1.807) is 12.1 Å². The number of primary amides is 1. The fourth-order valence-corrected chi connectivity index (χ4v) is 3.31. The van der Waals surface area contributed by atoms with Gasteiger partial charge in [0.15, 0.2) is 12.6 Å². The van der Waals surface area contributed by atoms with Crippen LogP contribution in [0.3, 0.4) is 0 Å². The molecule has 0 aliphatic heterocycles. The van der Waals surface area contributed by atoms with Crippen molar-refractivity contribution in [1.82, 2.24) is 10.6 Å². The molecule has 8 heteroatoms. The van der Waals surface area contributed by atoms with Crippen LogP contribution in [0.25, 0.3) is 0 Å². The summed E-state index contributed by atoms with van der Waals surface area (Å²) in [5.74, 6) is 0.691. The predicted molar refractivity (Wildman–Crippen MR) is 132 cm³/mol. The molecule has 0 saturated heterocycles. The second-order valence-corrected chi connectivity index (χ2v) is 7.56. The molecule has 2 aromatic carbocycles. The van der Waals surface area contributed by atoms with Crippen LogP contribution in [0.4, 0.5) is 4.39 Å². The zero-order valence-corrected chi connectivity index (χ0v) is 20.0. The predicted octanol–water partition coefficient (Wildman–Crippen LogP) is 3.14. The van der Waals surface area contributed by atoms with Gasteiger partial charge < -0.3 is 21.1 Å². The molecule has 0 spiro atoms. The van der Waals surface area contributed by atoms with E-state index < -0.39 is 5.91 Å². The number of guanidine groups is 1. The van der Waals surface area contributed by atoms with E-state index in [0.29, 0.717) is 12.3 Å².